The van der Waals surface area contributed by atoms with Gasteiger partial charge in [0.1, 0.15) is 5.84 Å². The number of rotatable bonds is 5. The van der Waals surface area contributed by atoms with Crippen molar-refractivity contribution in [1.82, 2.24) is 0 Å². The van der Waals surface area contributed by atoms with Crippen molar-refractivity contribution >= 4 is 46.4 Å². The summed E-state index contributed by atoms with van der Waals surface area (Å²) in [7, 11) is 0. The molecule has 0 bridgehead atoms. The van der Waals surface area contributed by atoms with E-state index in [1.165, 1.54) is 6.07 Å². The second-order valence-corrected chi connectivity index (χ2v) is 4.21. The zero-order valence-corrected chi connectivity index (χ0v) is 11.9. The minimum atomic E-state index is -0.713. The monoisotopic (exact) mass is 319 g/mol. The van der Waals surface area contributed by atoms with E-state index in [4.69, 9.17) is 33.7 Å². The van der Waals surface area contributed by atoms with Gasteiger partial charge in [0.25, 0.3) is 5.69 Å². The van der Waals surface area contributed by atoms with Gasteiger partial charge in [-0.3, -0.25) is 10.1 Å². The predicted octanol–water partition coefficient (Wildman–Crippen LogP) is 2.65. The summed E-state index contributed by atoms with van der Waals surface area (Å²) in [6, 6.07) is 2.26. The lowest BCUT2D eigenvalue weighted by atomic mass is 10.1. The summed E-state index contributed by atoms with van der Waals surface area (Å²) in [5, 5.41) is 10.9. The number of hydrogen-bond donors (Lipinski definition) is 1. The molecule has 7 nitrogen and oxygen atoms in total. The average Bonchev–Trinajstić information content (AvgIpc) is 2.40. The zero-order valence-electron chi connectivity index (χ0n) is 10.4. The van der Waals surface area contributed by atoms with Crippen LogP contribution in [0.25, 0.3) is 0 Å². The minimum absolute atomic E-state index is 0.0273. The van der Waals surface area contributed by atoms with Crippen LogP contribution in [0.4, 0.5) is 11.4 Å². The van der Waals surface area contributed by atoms with E-state index >= 15 is 0 Å². The third-order valence-electron chi connectivity index (χ3n) is 2.14. The van der Waals surface area contributed by atoms with Crippen LogP contribution in [0.2, 0.25) is 5.02 Å². The highest BCUT2D eigenvalue weighted by Crippen LogP contribution is 2.36. The second kappa shape index (κ2) is 7.06. The van der Waals surface area contributed by atoms with Crippen molar-refractivity contribution in [2.75, 3.05) is 12.5 Å². The molecule has 1 rings (SSSR count). The molecule has 0 aliphatic heterocycles. The van der Waals surface area contributed by atoms with Crippen LogP contribution in [-0.2, 0) is 4.74 Å². The van der Waals surface area contributed by atoms with Gasteiger partial charge in [0.05, 0.1) is 28.0 Å². The van der Waals surface area contributed by atoms with E-state index in [0.29, 0.717) is 0 Å². The van der Waals surface area contributed by atoms with Crippen LogP contribution in [-0.4, -0.2) is 29.2 Å². The lowest BCUT2D eigenvalue weighted by Gasteiger charge is -2.06. The van der Waals surface area contributed by atoms with Gasteiger partial charge in [0.2, 0.25) is 0 Å². The number of nitro groups is 1. The molecule has 0 amide bonds. The maximum atomic E-state index is 11.6. The maximum absolute atomic E-state index is 11.6. The minimum Gasteiger partial charge on any atom is -0.462 e. The van der Waals surface area contributed by atoms with Gasteiger partial charge < -0.3 is 10.5 Å². The number of aliphatic imine (C=N–C) groups is 1. The van der Waals surface area contributed by atoms with Crippen LogP contribution in [0.15, 0.2) is 17.1 Å². The number of carbonyl (C=O) groups is 1. The van der Waals surface area contributed by atoms with Crippen molar-refractivity contribution in [3.63, 3.8) is 0 Å². The third-order valence-corrected chi connectivity index (χ3v) is 2.71. The second-order valence-electron chi connectivity index (χ2n) is 3.54. The molecule has 0 unspecified atom stereocenters. The Bertz CT molecular complexity index is 575. The van der Waals surface area contributed by atoms with E-state index in [0.717, 1.165) is 6.07 Å². The molecule has 9 heteroatoms. The summed E-state index contributed by atoms with van der Waals surface area (Å²) in [5.41, 5.74) is 4.80. The Balaban J connectivity index is 3.41. The van der Waals surface area contributed by atoms with Crippen LogP contribution in [0.3, 0.4) is 0 Å². The van der Waals surface area contributed by atoms with E-state index in [1.54, 1.807) is 6.92 Å². The van der Waals surface area contributed by atoms with Crippen LogP contribution < -0.4 is 5.73 Å². The lowest BCUT2D eigenvalue weighted by Crippen LogP contribution is -2.12. The molecule has 108 valence electrons. The summed E-state index contributed by atoms with van der Waals surface area (Å²) in [5.74, 6) is -0.841. The molecule has 0 aliphatic rings. The Kier molecular flexibility index (Phi) is 5.72. The highest BCUT2D eigenvalue weighted by Gasteiger charge is 2.22. The van der Waals surface area contributed by atoms with Crippen molar-refractivity contribution in [1.29, 1.82) is 0 Å². The number of nitro benzene ring substituents is 1. The lowest BCUT2D eigenvalue weighted by molar-refractivity contribution is -0.384. The van der Waals surface area contributed by atoms with Crippen molar-refractivity contribution in [3.05, 3.63) is 32.8 Å². The van der Waals surface area contributed by atoms with Crippen molar-refractivity contribution < 1.29 is 14.5 Å². The first-order valence-electron chi connectivity index (χ1n) is 5.44. The fourth-order valence-corrected chi connectivity index (χ4v) is 1.66. The van der Waals surface area contributed by atoms with Crippen LogP contribution in [0.1, 0.15) is 17.3 Å². The molecule has 0 atom stereocenters. The number of halogens is 2. The van der Waals surface area contributed by atoms with E-state index in [-0.39, 0.29) is 34.6 Å². The van der Waals surface area contributed by atoms with E-state index < -0.39 is 16.6 Å². The van der Waals surface area contributed by atoms with Gasteiger partial charge in [-0.1, -0.05) is 11.6 Å². The molecule has 0 radical (unpaired) electrons. The summed E-state index contributed by atoms with van der Waals surface area (Å²) in [4.78, 5) is 25.7. The van der Waals surface area contributed by atoms with E-state index in [9.17, 15) is 14.9 Å². The molecule has 0 aromatic heterocycles. The average molecular weight is 320 g/mol. The first kappa shape index (κ1) is 16.2. The van der Waals surface area contributed by atoms with Crippen molar-refractivity contribution in [2.24, 2.45) is 10.7 Å². The predicted molar refractivity (Wildman–Crippen MR) is 76.1 cm³/mol. The topological polar surface area (TPSA) is 108 Å². The Labute approximate surface area is 124 Å². The van der Waals surface area contributed by atoms with E-state index in [2.05, 4.69) is 4.99 Å². The highest BCUT2D eigenvalue weighted by atomic mass is 35.5. The van der Waals surface area contributed by atoms with Gasteiger partial charge >= 0.3 is 5.97 Å². The fraction of sp³-hybridized carbons (Fsp3) is 0.273. The smallest absolute Gasteiger partial charge is 0.338 e. The zero-order chi connectivity index (χ0) is 15.3. The Morgan fingerprint density at radius 1 is 1.55 bits per heavy atom. The van der Waals surface area contributed by atoms with Gasteiger partial charge in [-0.15, -0.1) is 11.6 Å². The number of amidine groups is 1. The number of esters is 1. The Hall–Kier alpha value is -1.86. The molecular weight excluding hydrogens is 309 g/mol. The molecule has 0 spiro atoms. The third kappa shape index (κ3) is 3.82. The number of hydrogen-bond acceptors (Lipinski definition) is 5. The van der Waals surface area contributed by atoms with Gasteiger partial charge in [0, 0.05) is 6.07 Å². The summed E-state index contributed by atoms with van der Waals surface area (Å²) in [6.45, 7) is 1.76. The molecule has 0 heterocycles. The Morgan fingerprint density at radius 3 is 2.70 bits per heavy atom. The van der Waals surface area contributed by atoms with Crippen LogP contribution >= 0.6 is 23.2 Å². The first-order valence-corrected chi connectivity index (χ1v) is 6.36. The highest BCUT2D eigenvalue weighted by molar-refractivity contribution is 6.34. The van der Waals surface area contributed by atoms with Gasteiger partial charge in [-0.2, -0.15) is 0 Å². The van der Waals surface area contributed by atoms with E-state index in [1.807, 2.05) is 0 Å². The molecular formula is C11H11Cl2N3O4. The normalized spacial score (nSPS) is 11.2. The number of carbonyl (C=O) groups excluding carboxylic acids is 1. The quantitative estimate of drug-likeness (QED) is 0.224. The van der Waals surface area contributed by atoms with Gasteiger partial charge in [-0.25, -0.2) is 9.79 Å². The van der Waals surface area contributed by atoms with Crippen LogP contribution in [0, 0.1) is 10.1 Å². The number of ether oxygens (including phenoxy) is 1. The standard InChI is InChI=1S/C11H11Cl2N3O4/c1-2-20-11(17)6-3-7(13)10(15-9(14)5-12)8(4-6)16(18)19/h3-4H,2,5H2,1H3,(H2,14,15). The molecule has 0 saturated heterocycles. The molecule has 20 heavy (non-hydrogen) atoms. The number of nitrogens with two attached hydrogens (primary N) is 1. The summed E-state index contributed by atoms with van der Waals surface area (Å²) in [6.07, 6.45) is 0. The largest absolute Gasteiger partial charge is 0.462 e. The molecule has 2 N–H and O–H groups in total. The molecule has 1 aromatic rings. The first-order chi connectivity index (χ1) is 9.40. The maximum Gasteiger partial charge on any atom is 0.338 e. The summed E-state index contributed by atoms with van der Waals surface area (Å²) < 4.78 is 4.76. The fourth-order valence-electron chi connectivity index (χ4n) is 1.34. The molecule has 1 aromatic carbocycles. The Morgan fingerprint density at radius 2 is 2.20 bits per heavy atom. The molecule has 0 saturated carbocycles. The number of nitrogens with zero attached hydrogens (tertiary/aromatic N) is 2. The number of benzene rings is 1. The SMILES string of the molecule is CCOC(=O)c1cc(Cl)c(N=C(N)CCl)c([N+](=O)[O-])c1. The van der Waals surface area contributed by atoms with Crippen molar-refractivity contribution in [2.45, 2.75) is 6.92 Å². The van der Waals surface area contributed by atoms with Gasteiger partial charge in [-0.05, 0) is 13.0 Å². The van der Waals surface area contributed by atoms with Crippen molar-refractivity contribution in [3.8, 4) is 0 Å². The molecule has 0 fully saturated rings. The van der Waals surface area contributed by atoms with Crippen LogP contribution in [0.5, 0.6) is 0 Å². The van der Waals surface area contributed by atoms with Gasteiger partial charge in [0.15, 0.2) is 5.69 Å². The summed E-state index contributed by atoms with van der Waals surface area (Å²) >= 11 is 11.4. The molecule has 0 aliphatic carbocycles. The number of alkyl halides is 1.